The number of benzene rings is 2. The number of carbonyl (C=O) groups excluding carboxylic acids is 1. The van der Waals surface area contributed by atoms with Gasteiger partial charge in [-0.05, 0) is 31.2 Å². The molecule has 0 saturated heterocycles. The number of amides is 1. The van der Waals surface area contributed by atoms with Crippen LogP contribution < -0.4 is 14.9 Å². The SMILES string of the molecule is CCOc1ccc(-c2cc(C(=O)N/N=C/c3cccc([N+](=O)[O-])c3)[nH]n2)cc1OC. The standard InChI is InChI=1S/C20H19N5O5/c1-3-30-18-8-7-14(10-19(18)29-2)16-11-17(23-22-16)20(26)24-21-12-13-5-4-6-15(9-13)25(27)28/h4-12H,3H2,1-2H3,(H,22,23)(H,24,26)/b21-12+. The van der Waals surface area contributed by atoms with Crippen molar-refractivity contribution in [3.8, 4) is 22.8 Å². The van der Waals surface area contributed by atoms with Gasteiger partial charge in [-0.3, -0.25) is 20.0 Å². The molecule has 0 spiro atoms. The second kappa shape index (κ2) is 9.32. The number of rotatable bonds is 8. The molecule has 2 N–H and O–H groups in total. The maximum Gasteiger partial charge on any atom is 0.289 e. The van der Waals surface area contributed by atoms with Gasteiger partial charge in [0.1, 0.15) is 5.69 Å². The van der Waals surface area contributed by atoms with Crippen LogP contribution in [-0.4, -0.2) is 41.0 Å². The van der Waals surface area contributed by atoms with Gasteiger partial charge in [-0.25, -0.2) is 5.43 Å². The molecule has 3 rings (SSSR count). The third-order valence-corrected chi connectivity index (χ3v) is 4.04. The second-order valence-corrected chi connectivity index (χ2v) is 6.02. The molecule has 3 aromatic rings. The van der Waals surface area contributed by atoms with Crippen LogP contribution in [0.5, 0.6) is 11.5 Å². The molecule has 0 radical (unpaired) electrons. The Morgan fingerprint density at radius 1 is 1.27 bits per heavy atom. The number of non-ortho nitro benzene ring substituents is 1. The number of nitro groups is 1. The molecular weight excluding hydrogens is 390 g/mol. The normalized spacial score (nSPS) is 10.7. The minimum Gasteiger partial charge on any atom is -0.493 e. The van der Waals surface area contributed by atoms with E-state index in [0.717, 1.165) is 5.56 Å². The number of carbonyl (C=O) groups is 1. The summed E-state index contributed by atoms with van der Waals surface area (Å²) in [6.07, 6.45) is 1.32. The van der Waals surface area contributed by atoms with Crippen molar-refractivity contribution < 1.29 is 19.2 Å². The van der Waals surface area contributed by atoms with Gasteiger partial charge in [-0.2, -0.15) is 10.2 Å². The molecule has 0 atom stereocenters. The van der Waals surface area contributed by atoms with E-state index in [1.165, 1.54) is 24.4 Å². The van der Waals surface area contributed by atoms with Crippen LogP contribution in [-0.2, 0) is 0 Å². The Morgan fingerprint density at radius 3 is 2.83 bits per heavy atom. The number of aromatic amines is 1. The first-order chi connectivity index (χ1) is 14.5. The van der Waals surface area contributed by atoms with Gasteiger partial charge in [-0.15, -0.1) is 0 Å². The molecule has 0 saturated carbocycles. The van der Waals surface area contributed by atoms with E-state index in [0.29, 0.717) is 29.4 Å². The van der Waals surface area contributed by atoms with E-state index in [9.17, 15) is 14.9 Å². The van der Waals surface area contributed by atoms with Gasteiger partial charge in [0.25, 0.3) is 11.6 Å². The Kier molecular flexibility index (Phi) is 6.38. The molecule has 154 valence electrons. The lowest BCUT2D eigenvalue weighted by Crippen LogP contribution is -2.18. The van der Waals surface area contributed by atoms with E-state index in [4.69, 9.17) is 9.47 Å². The summed E-state index contributed by atoms with van der Waals surface area (Å²) in [5.41, 5.74) is 4.27. The smallest absolute Gasteiger partial charge is 0.289 e. The van der Waals surface area contributed by atoms with E-state index in [1.807, 2.05) is 13.0 Å². The fraction of sp³-hybridized carbons (Fsp3) is 0.150. The minimum absolute atomic E-state index is 0.0609. The molecule has 1 amide bonds. The van der Waals surface area contributed by atoms with E-state index in [2.05, 4.69) is 20.7 Å². The van der Waals surface area contributed by atoms with Gasteiger partial charge in [0.2, 0.25) is 0 Å². The van der Waals surface area contributed by atoms with Crippen LogP contribution in [0.1, 0.15) is 23.0 Å². The number of hydrogen-bond acceptors (Lipinski definition) is 7. The number of nitrogens with zero attached hydrogens (tertiary/aromatic N) is 3. The third kappa shape index (κ3) is 4.79. The minimum atomic E-state index is -0.506. The van der Waals surface area contributed by atoms with Crippen LogP contribution in [0.25, 0.3) is 11.3 Å². The van der Waals surface area contributed by atoms with Gasteiger partial charge >= 0.3 is 0 Å². The molecule has 1 aromatic heterocycles. The molecule has 10 nitrogen and oxygen atoms in total. The molecule has 0 aliphatic carbocycles. The summed E-state index contributed by atoms with van der Waals surface area (Å²) in [5.74, 6) is 0.672. The molecule has 30 heavy (non-hydrogen) atoms. The quantitative estimate of drug-likeness (QED) is 0.334. The summed E-state index contributed by atoms with van der Waals surface area (Å²) in [4.78, 5) is 22.6. The number of ether oxygens (including phenoxy) is 2. The molecule has 1 heterocycles. The molecule has 2 aromatic carbocycles. The van der Waals surface area contributed by atoms with Crippen molar-refractivity contribution >= 4 is 17.8 Å². The summed E-state index contributed by atoms with van der Waals surface area (Å²) >= 11 is 0. The maximum atomic E-state index is 12.3. The Bertz CT molecular complexity index is 1090. The predicted molar refractivity (Wildman–Crippen MR) is 110 cm³/mol. The highest BCUT2D eigenvalue weighted by molar-refractivity contribution is 5.94. The topological polar surface area (TPSA) is 132 Å². The summed E-state index contributed by atoms with van der Waals surface area (Å²) < 4.78 is 10.8. The van der Waals surface area contributed by atoms with Gasteiger partial charge in [0, 0.05) is 23.3 Å². The fourth-order valence-corrected chi connectivity index (χ4v) is 2.63. The predicted octanol–water partition coefficient (Wildman–Crippen LogP) is 3.16. The number of H-pyrrole nitrogens is 1. The van der Waals surface area contributed by atoms with Gasteiger partial charge in [0.15, 0.2) is 11.5 Å². The van der Waals surface area contributed by atoms with Crippen LogP contribution in [0.15, 0.2) is 53.6 Å². The number of nitrogens with one attached hydrogen (secondary N) is 2. The second-order valence-electron chi connectivity index (χ2n) is 6.02. The number of aromatic nitrogens is 2. The van der Waals surface area contributed by atoms with Crippen molar-refractivity contribution in [1.82, 2.24) is 15.6 Å². The van der Waals surface area contributed by atoms with Crippen molar-refractivity contribution in [2.24, 2.45) is 5.10 Å². The van der Waals surface area contributed by atoms with Crippen molar-refractivity contribution in [2.45, 2.75) is 6.92 Å². The van der Waals surface area contributed by atoms with Gasteiger partial charge in [-0.1, -0.05) is 12.1 Å². The van der Waals surface area contributed by atoms with Crippen LogP contribution in [0, 0.1) is 10.1 Å². The first-order valence-electron chi connectivity index (χ1n) is 8.96. The summed E-state index contributed by atoms with van der Waals surface area (Å²) in [5, 5.41) is 21.4. The molecule has 0 bridgehead atoms. The highest BCUT2D eigenvalue weighted by Crippen LogP contribution is 2.32. The monoisotopic (exact) mass is 409 g/mol. The molecule has 0 fully saturated rings. The highest BCUT2D eigenvalue weighted by atomic mass is 16.6. The first kappa shape index (κ1) is 20.5. The van der Waals surface area contributed by atoms with Crippen LogP contribution in [0.4, 0.5) is 5.69 Å². The number of hydrogen-bond donors (Lipinski definition) is 2. The van der Waals surface area contributed by atoms with Crippen LogP contribution >= 0.6 is 0 Å². The summed E-state index contributed by atoms with van der Waals surface area (Å²) in [7, 11) is 1.55. The van der Waals surface area contributed by atoms with Gasteiger partial charge < -0.3 is 9.47 Å². The number of nitro benzene ring substituents is 1. The lowest BCUT2D eigenvalue weighted by molar-refractivity contribution is -0.384. The molecule has 0 unspecified atom stereocenters. The zero-order valence-electron chi connectivity index (χ0n) is 16.3. The van der Waals surface area contributed by atoms with Crippen molar-refractivity contribution in [1.29, 1.82) is 0 Å². The van der Waals surface area contributed by atoms with Crippen LogP contribution in [0.3, 0.4) is 0 Å². The Morgan fingerprint density at radius 2 is 2.10 bits per heavy atom. The zero-order chi connectivity index (χ0) is 21.5. The van der Waals surface area contributed by atoms with E-state index < -0.39 is 10.8 Å². The Hall–Kier alpha value is -4.21. The average Bonchev–Trinajstić information content (AvgIpc) is 3.25. The summed E-state index contributed by atoms with van der Waals surface area (Å²) in [6.45, 7) is 2.40. The Labute approximate surface area is 171 Å². The summed E-state index contributed by atoms with van der Waals surface area (Å²) in [6, 6.07) is 12.8. The van der Waals surface area contributed by atoms with Crippen molar-refractivity contribution in [3.05, 3.63) is 69.9 Å². The van der Waals surface area contributed by atoms with Crippen LogP contribution in [0.2, 0.25) is 0 Å². The maximum absolute atomic E-state index is 12.3. The first-order valence-corrected chi connectivity index (χ1v) is 8.96. The third-order valence-electron chi connectivity index (χ3n) is 4.04. The number of hydrazone groups is 1. The molecular formula is C20H19N5O5. The highest BCUT2D eigenvalue weighted by Gasteiger charge is 2.13. The molecule has 0 aliphatic rings. The van der Waals surface area contributed by atoms with E-state index >= 15 is 0 Å². The lowest BCUT2D eigenvalue weighted by Gasteiger charge is -2.09. The van der Waals surface area contributed by atoms with E-state index in [-0.39, 0.29) is 11.4 Å². The fourth-order valence-electron chi connectivity index (χ4n) is 2.63. The van der Waals surface area contributed by atoms with Crippen molar-refractivity contribution in [2.75, 3.05) is 13.7 Å². The largest absolute Gasteiger partial charge is 0.493 e. The lowest BCUT2D eigenvalue weighted by atomic mass is 10.1. The number of methoxy groups -OCH3 is 1. The zero-order valence-corrected chi connectivity index (χ0v) is 16.3. The van der Waals surface area contributed by atoms with Gasteiger partial charge in [0.05, 0.1) is 30.5 Å². The van der Waals surface area contributed by atoms with Crippen molar-refractivity contribution in [3.63, 3.8) is 0 Å². The molecule has 0 aliphatic heterocycles. The Balaban J connectivity index is 1.69. The molecule has 10 heteroatoms. The average molecular weight is 409 g/mol. The van der Waals surface area contributed by atoms with E-state index in [1.54, 1.807) is 31.4 Å².